The van der Waals surface area contributed by atoms with E-state index in [1.165, 1.54) is 12.8 Å². The first-order valence-electron chi connectivity index (χ1n) is 7.08. The highest BCUT2D eigenvalue weighted by Crippen LogP contribution is 2.34. The molecule has 2 aliphatic heterocycles. The Hall–Kier alpha value is -0.450. The molecule has 1 aromatic rings. The average Bonchev–Trinajstić information content (AvgIpc) is 2.89. The second kappa shape index (κ2) is 5.51. The van der Waals surface area contributed by atoms with Crippen molar-refractivity contribution in [1.29, 1.82) is 0 Å². The van der Waals surface area contributed by atoms with Gasteiger partial charge < -0.3 is 5.32 Å². The second-order valence-electron chi connectivity index (χ2n) is 5.71. The molecular formula is C15H20BrFN2. The summed E-state index contributed by atoms with van der Waals surface area (Å²) in [4.78, 5) is 2.49. The fourth-order valence-electron chi connectivity index (χ4n) is 3.60. The fourth-order valence-corrected chi connectivity index (χ4v) is 3.98. The van der Waals surface area contributed by atoms with Crippen LogP contribution < -0.4 is 5.32 Å². The lowest BCUT2D eigenvalue weighted by molar-refractivity contribution is 0.0831. The van der Waals surface area contributed by atoms with Crippen LogP contribution in [0.5, 0.6) is 0 Å². The fraction of sp³-hybridized carbons (Fsp3) is 0.600. The number of fused-ring (bicyclic) bond motifs is 1. The van der Waals surface area contributed by atoms with Crippen molar-refractivity contribution < 1.29 is 4.39 Å². The highest BCUT2D eigenvalue weighted by Gasteiger charge is 2.37. The molecule has 19 heavy (non-hydrogen) atoms. The molecule has 2 heterocycles. The molecule has 1 aromatic carbocycles. The molecule has 0 bridgehead atoms. The molecular weight excluding hydrogens is 307 g/mol. The number of hydrogen-bond acceptors (Lipinski definition) is 2. The van der Waals surface area contributed by atoms with Gasteiger partial charge in [-0.2, -0.15) is 0 Å². The van der Waals surface area contributed by atoms with Gasteiger partial charge in [-0.1, -0.05) is 15.9 Å². The lowest BCUT2D eigenvalue weighted by atomic mass is 9.89. The number of rotatable bonds is 2. The summed E-state index contributed by atoms with van der Waals surface area (Å²) >= 11 is 3.45. The number of benzene rings is 1. The van der Waals surface area contributed by atoms with E-state index < -0.39 is 0 Å². The predicted molar refractivity (Wildman–Crippen MR) is 78.6 cm³/mol. The molecule has 0 aliphatic carbocycles. The van der Waals surface area contributed by atoms with E-state index >= 15 is 0 Å². The van der Waals surface area contributed by atoms with Crippen molar-refractivity contribution in [3.05, 3.63) is 34.1 Å². The summed E-state index contributed by atoms with van der Waals surface area (Å²) < 4.78 is 15.0. The van der Waals surface area contributed by atoms with Crippen LogP contribution in [0.3, 0.4) is 0 Å². The predicted octanol–water partition coefficient (Wildman–Crippen LogP) is 3.33. The highest BCUT2D eigenvalue weighted by atomic mass is 79.9. The van der Waals surface area contributed by atoms with Crippen LogP contribution >= 0.6 is 15.9 Å². The average molecular weight is 327 g/mol. The number of piperidine rings is 1. The molecule has 2 nitrogen and oxygen atoms in total. The first-order valence-corrected chi connectivity index (χ1v) is 7.87. The second-order valence-corrected chi connectivity index (χ2v) is 6.62. The molecule has 0 radical (unpaired) electrons. The van der Waals surface area contributed by atoms with Crippen LogP contribution in [0, 0.1) is 11.7 Å². The van der Waals surface area contributed by atoms with Crippen molar-refractivity contribution in [3.8, 4) is 0 Å². The minimum atomic E-state index is -0.0937. The zero-order valence-electron chi connectivity index (χ0n) is 11.2. The highest BCUT2D eigenvalue weighted by molar-refractivity contribution is 9.10. The van der Waals surface area contributed by atoms with Gasteiger partial charge in [0.15, 0.2) is 0 Å². The molecule has 4 heteroatoms. The van der Waals surface area contributed by atoms with Crippen molar-refractivity contribution in [2.24, 2.45) is 5.92 Å². The van der Waals surface area contributed by atoms with Crippen molar-refractivity contribution in [1.82, 2.24) is 10.2 Å². The molecule has 2 aliphatic rings. The molecule has 1 N–H and O–H groups in total. The molecule has 2 saturated heterocycles. The maximum Gasteiger partial charge on any atom is 0.128 e. The van der Waals surface area contributed by atoms with Gasteiger partial charge in [0, 0.05) is 28.7 Å². The molecule has 0 amide bonds. The van der Waals surface area contributed by atoms with Gasteiger partial charge in [-0.05, 0) is 57.0 Å². The van der Waals surface area contributed by atoms with E-state index in [2.05, 4.69) is 33.1 Å². The number of hydrogen-bond donors (Lipinski definition) is 1. The first kappa shape index (κ1) is 13.5. The molecule has 104 valence electrons. The Bertz CT molecular complexity index is 465. The Labute approximate surface area is 122 Å². The van der Waals surface area contributed by atoms with Crippen LogP contribution in [0.2, 0.25) is 0 Å². The maximum atomic E-state index is 14.1. The summed E-state index contributed by atoms with van der Waals surface area (Å²) in [5.41, 5.74) is 0.807. The third-order valence-corrected chi connectivity index (χ3v) is 5.12. The van der Waals surface area contributed by atoms with Crippen LogP contribution in [0.4, 0.5) is 4.39 Å². The van der Waals surface area contributed by atoms with Crippen LogP contribution in [0.25, 0.3) is 0 Å². The Morgan fingerprint density at radius 3 is 3.11 bits per heavy atom. The Morgan fingerprint density at radius 2 is 2.26 bits per heavy atom. The van der Waals surface area contributed by atoms with E-state index in [1.807, 2.05) is 6.07 Å². The van der Waals surface area contributed by atoms with Crippen LogP contribution in [0.15, 0.2) is 22.7 Å². The van der Waals surface area contributed by atoms with Crippen molar-refractivity contribution >= 4 is 15.9 Å². The van der Waals surface area contributed by atoms with E-state index in [1.54, 1.807) is 12.1 Å². The zero-order valence-corrected chi connectivity index (χ0v) is 12.8. The van der Waals surface area contributed by atoms with Gasteiger partial charge in [0.05, 0.1) is 0 Å². The smallest absolute Gasteiger partial charge is 0.128 e. The topological polar surface area (TPSA) is 15.3 Å². The first-order chi connectivity index (χ1) is 9.16. The molecule has 3 rings (SSSR count). The summed E-state index contributed by atoms with van der Waals surface area (Å²) in [7, 11) is 0. The van der Waals surface area contributed by atoms with Gasteiger partial charge in [-0.15, -0.1) is 0 Å². The summed E-state index contributed by atoms with van der Waals surface area (Å²) in [6, 6.07) is 5.96. The van der Waals surface area contributed by atoms with Crippen LogP contribution in [-0.2, 0) is 0 Å². The molecule has 2 fully saturated rings. The van der Waals surface area contributed by atoms with Crippen LogP contribution in [-0.4, -0.2) is 30.6 Å². The van der Waals surface area contributed by atoms with Gasteiger partial charge in [0.2, 0.25) is 0 Å². The van der Waals surface area contributed by atoms with E-state index in [9.17, 15) is 4.39 Å². The lowest BCUT2D eigenvalue weighted by Gasteiger charge is -2.41. The van der Waals surface area contributed by atoms with Crippen molar-refractivity contribution in [2.75, 3.05) is 19.6 Å². The number of halogens is 2. The summed E-state index contributed by atoms with van der Waals surface area (Å²) in [5, 5.41) is 3.48. The number of nitrogens with one attached hydrogen (secondary N) is 1. The minimum Gasteiger partial charge on any atom is -0.315 e. The Balaban J connectivity index is 1.86. The standard InChI is InChI=1S/C15H20BrFN2/c1-10(13-7-12(16)4-5-14(13)17)19-6-2-3-11-8-18-9-15(11)19/h4-5,7,10-11,15,18H,2-3,6,8-9H2,1H3. The van der Waals surface area contributed by atoms with E-state index in [0.29, 0.717) is 6.04 Å². The van der Waals surface area contributed by atoms with E-state index in [-0.39, 0.29) is 11.9 Å². The van der Waals surface area contributed by atoms with Gasteiger partial charge in [-0.25, -0.2) is 4.39 Å². The molecule has 0 saturated carbocycles. The van der Waals surface area contributed by atoms with E-state index in [0.717, 1.165) is 35.6 Å². The molecule has 0 aromatic heterocycles. The number of likely N-dealkylation sites (tertiary alicyclic amines) is 1. The Kier molecular flexibility index (Phi) is 3.92. The summed E-state index contributed by atoms with van der Waals surface area (Å²) in [6.45, 7) is 5.38. The summed E-state index contributed by atoms with van der Waals surface area (Å²) in [6.07, 6.45) is 2.53. The third-order valence-electron chi connectivity index (χ3n) is 4.63. The monoisotopic (exact) mass is 326 g/mol. The molecule has 0 spiro atoms. The van der Waals surface area contributed by atoms with Crippen molar-refractivity contribution in [3.63, 3.8) is 0 Å². The quantitative estimate of drug-likeness (QED) is 0.896. The molecule has 3 unspecified atom stereocenters. The van der Waals surface area contributed by atoms with Gasteiger partial charge in [0.25, 0.3) is 0 Å². The zero-order chi connectivity index (χ0) is 13.4. The molecule has 3 atom stereocenters. The lowest BCUT2D eigenvalue weighted by Crippen LogP contribution is -2.46. The largest absolute Gasteiger partial charge is 0.315 e. The van der Waals surface area contributed by atoms with Gasteiger partial charge >= 0.3 is 0 Å². The van der Waals surface area contributed by atoms with Crippen molar-refractivity contribution in [2.45, 2.75) is 31.8 Å². The van der Waals surface area contributed by atoms with Gasteiger partial charge in [-0.3, -0.25) is 4.90 Å². The SMILES string of the molecule is CC(c1cc(Br)ccc1F)N1CCCC2CNCC21. The Morgan fingerprint density at radius 1 is 1.42 bits per heavy atom. The van der Waals surface area contributed by atoms with Gasteiger partial charge in [0.1, 0.15) is 5.82 Å². The van der Waals surface area contributed by atoms with Crippen LogP contribution in [0.1, 0.15) is 31.4 Å². The third kappa shape index (κ3) is 2.58. The minimum absolute atomic E-state index is 0.0937. The normalized spacial score (nSPS) is 29.2. The maximum absolute atomic E-state index is 14.1. The summed E-state index contributed by atoms with van der Waals surface area (Å²) in [5.74, 6) is 0.648. The number of nitrogens with zero attached hydrogens (tertiary/aromatic N) is 1. The van der Waals surface area contributed by atoms with E-state index in [4.69, 9.17) is 0 Å².